The number of aromatic nitrogens is 2. The molecule has 150 valence electrons. The number of H-pyrrole nitrogens is 1. The van der Waals surface area contributed by atoms with Crippen molar-refractivity contribution in [2.24, 2.45) is 5.92 Å². The molecule has 0 spiro atoms. The molecule has 4 rings (SSSR count). The minimum absolute atomic E-state index is 0.0652. The van der Waals surface area contributed by atoms with E-state index in [9.17, 15) is 4.79 Å². The van der Waals surface area contributed by atoms with E-state index in [1.807, 2.05) is 29.2 Å². The molecule has 0 saturated carbocycles. The molecule has 0 aliphatic carbocycles. The summed E-state index contributed by atoms with van der Waals surface area (Å²) in [6.45, 7) is 7.22. The second-order valence-corrected chi connectivity index (χ2v) is 8.11. The number of nitrogens with one attached hydrogen (secondary N) is 1. The zero-order valence-corrected chi connectivity index (χ0v) is 16.7. The highest BCUT2D eigenvalue weighted by Crippen LogP contribution is 2.31. The molecule has 2 fully saturated rings. The highest BCUT2D eigenvalue weighted by atomic mass is 16.6. The summed E-state index contributed by atoms with van der Waals surface area (Å²) in [4.78, 5) is 16.5. The molecule has 2 atom stereocenters. The van der Waals surface area contributed by atoms with E-state index in [1.54, 1.807) is 7.11 Å². The molecule has 1 aromatic heterocycles. The highest BCUT2D eigenvalue weighted by Gasteiger charge is 2.47. The number of nitrogens with zero attached hydrogens (tertiary/aromatic N) is 3. The van der Waals surface area contributed by atoms with Crippen LogP contribution in [0.3, 0.4) is 0 Å². The Morgan fingerprint density at radius 3 is 2.89 bits per heavy atom. The van der Waals surface area contributed by atoms with E-state index >= 15 is 0 Å². The lowest BCUT2D eigenvalue weighted by molar-refractivity contribution is 0.119. The van der Waals surface area contributed by atoms with Crippen LogP contribution in [0.25, 0.3) is 0 Å². The first-order valence-corrected chi connectivity index (χ1v) is 9.88. The SMILES string of the molecule is COc1ccccc1CN1C(=O)O[C@@H]2CN(Cc3cc(CC(C)C)n[nH]3)C[C@@H]21. The maximum atomic E-state index is 12.4. The molecular formula is C21H28N4O3. The summed E-state index contributed by atoms with van der Waals surface area (Å²) in [5.74, 6) is 1.38. The molecule has 2 saturated heterocycles. The fraction of sp³-hybridized carbons (Fsp3) is 0.524. The standard InChI is InChI=1S/C21H28N4O3/c1-14(2)8-16-9-17(23-22-16)11-24-12-18-20(13-24)28-21(26)25(18)10-15-6-4-5-7-19(15)27-3/h4-7,9,14,18,20H,8,10-13H2,1-3H3,(H,22,23)/t18-,20+/m0/s1. The van der Waals surface area contributed by atoms with Crippen LogP contribution in [0, 0.1) is 5.92 Å². The van der Waals surface area contributed by atoms with Gasteiger partial charge < -0.3 is 9.47 Å². The van der Waals surface area contributed by atoms with Crippen molar-refractivity contribution in [3.63, 3.8) is 0 Å². The second kappa shape index (κ2) is 7.83. The normalized spacial score (nSPS) is 22.0. The maximum Gasteiger partial charge on any atom is 0.410 e. The van der Waals surface area contributed by atoms with Crippen LogP contribution in [0.15, 0.2) is 30.3 Å². The Kier molecular flexibility index (Phi) is 5.26. The van der Waals surface area contributed by atoms with Gasteiger partial charge in [-0.2, -0.15) is 5.10 Å². The lowest BCUT2D eigenvalue weighted by Crippen LogP contribution is -2.37. The number of aromatic amines is 1. The van der Waals surface area contributed by atoms with Crippen molar-refractivity contribution >= 4 is 6.09 Å². The van der Waals surface area contributed by atoms with Crippen molar-refractivity contribution in [3.05, 3.63) is 47.3 Å². The van der Waals surface area contributed by atoms with Crippen molar-refractivity contribution in [2.45, 2.75) is 45.5 Å². The summed E-state index contributed by atoms with van der Waals surface area (Å²) in [7, 11) is 1.65. The first-order valence-electron chi connectivity index (χ1n) is 9.88. The Morgan fingerprint density at radius 1 is 1.29 bits per heavy atom. The van der Waals surface area contributed by atoms with E-state index < -0.39 is 0 Å². The molecule has 1 N–H and O–H groups in total. The van der Waals surface area contributed by atoms with Gasteiger partial charge in [0.25, 0.3) is 0 Å². The number of carbonyl (C=O) groups excluding carboxylic acids is 1. The van der Waals surface area contributed by atoms with E-state index in [2.05, 4.69) is 35.0 Å². The highest BCUT2D eigenvalue weighted by molar-refractivity contribution is 5.71. The van der Waals surface area contributed by atoms with E-state index in [0.717, 1.165) is 48.8 Å². The summed E-state index contributed by atoms with van der Waals surface area (Å²) in [6.07, 6.45) is 0.660. The van der Waals surface area contributed by atoms with E-state index in [-0.39, 0.29) is 18.2 Å². The third-order valence-electron chi connectivity index (χ3n) is 5.43. The Bertz CT molecular complexity index is 835. The topological polar surface area (TPSA) is 70.7 Å². The fourth-order valence-electron chi connectivity index (χ4n) is 4.16. The van der Waals surface area contributed by atoms with Crippen LogP contribution in [0.1, 0.15) is 30.8 Å². The van der Waals surface area contributed by atoms with Gasteiger partial charge in [-0.1, -0.05) is 32.0 Å². The number of rotatable bonds is 7. The molecule has 0 unspecified atom stereocenters. The summed E-state index contributed by atoms with van der Waals surface area (Å²) in [5, 5.41) is 7.56. The average molecular weight is 384 g/mol. The quantitative estimate of drug-likeness (QED) is 0.795. The number of amides is 1. The number of carbonyl (C=O) groups is 1. The van der Waals surface area contributed by atoms with Gasteiger partial charge in [0.05, 0.1) is 25.4 Å². The van der Waals surface area contributed by atoms with Crippen molar-refractivity contribution < 1.29 is 14.3 Å². The molecule has 0 bridgehead atoms. The van der Waals surface area contributed by atoms with Crippen molar-refractivity contribution in [3.8, 4) is 5.75 Å². The van der Waals surface area contributed by atoms with Crippen LogP contribution in [-0.2, 0) is 24.2 Å². The summed E-state index contributed by atoms with van der Waals surface area (Å²) in [5.41, 5.74) is 3.21. The monoisotopic (exact) mass is 384 g/mol. The average Bonchev–Trinajstić information content (AvgIpc) is 3.32. The van der Waals surface area contributed by atoms with Crippen LogP contribution in [0.5, 0.6) is 5.75 Å². The van der Waals surface area contributed by atoms with E-state index in [4.69, 9.17) is 9.47 Å². The largest absolute Gasteiger partial charge is 0.496 e. The molecule has 28 heavy (non-hydrogen) atoms. The lowest BCUT2D eigenvalue weighted by atomic mass is 10.1. The summed E-state index contributed by atoms with van der Waals surface area (Å²) < 4.78 is 11.1. The third-order valence-corrected chi connectivity index (χ3v) is 5.43. The maximum absolute atomic E-state index is 12.4. The van der Waals surface area contributed by atoms with Crippen molar-refractivity contribution in [1.82, 2.24) is 20.0 Å². The van der Waals surface area contributed by atoms with Gasteiger partial charge in [-0.05, 0) is 24.5 Å². The van der Waals surface area contributed by atoms with E-state index in [1.165, 1.54) is 0 Å². The number of likely N-dealkylation sites (tertiary alicyclic amines) is 1. The van der Waals surface area contributed by atoms with Gasteiger partial charge in [-0.25, -0.2) is 4.79 Å². The van der Waals surface area contributed by atoms with Crippen LogP contribution in [0.4, 0.5) is 4.79 Å². The van der Waals surface area contributed by atoms with Gasteiger partial charge in [-0.3, -0.25) is 14.9 Å². The summed E-state index contributed by atoms with van der Waals surface area (Å²) >= 11 is 0. The Morgan fingerprint density at radius 2 is 2.11 bits per heavy atom. The van der Waals surface area contributed by atoms with Crippen molar-refractivity contribution in [2.75, 3.05) is 20.2 Å². The van der Waals surface area contributed by atoms with Gasteiger partial charge in [-0.15, -0.1) is 0 Å². The number of hydrogen-bond donors (Lipinski definition) is 1. The molecule has 1 amide bonds. The molecule has 3 heterocycles. The predicted molar refractivity (Wildman–Crippen MR) is 105 cm³/mol. The fourth-order valence-corrected chi connectivity index (χ4v) is 4.16. The van der Waals surface area contributed by atoms with Gasteiger partial charge in [0.1, 0.15) is 11.9 Å². The zero-order valence-electron chi connectivity index (χ0n) is 16.7. The molecule has 7 heteroatoms. The second-order valence-electron chi connectivity index (χ2n) is 8.11. The third kappa shape index (κ3) is 3.85. The Hall–Kier alpha value is -2.54. The van der Waals surface area contributed by atoms with Gasteiger partial charge >= 0.3 is 6.09 Å². The Balaban J connectivity index is 1.40. The van der Waals surface area contributed by atoms with Gasteiger partial charge in [0.2, 0.25) is 0 Å². The zero-order chi connectivity index (χ0) is 19.7. The minimum atomic E-state index is -0.235. The van der Waals surface area contributed by atoms with Gasteiger partial charge in [0, 0.05) is 30.9 Å². The minimum Gasteiger partial charge on any atom is -0.496 e. The number of fused-ring (bicyclic) bond motifs is 1. The summed E-state index contributed by atoms with van der Waals surface area (Å²) in [6, 6.07) is 10.0. The molecule has 7 nitrogen and oxygen atoms in total. The van der Waals surface area contributed by atoms with Gasteiger partial charge in [0.15, 0.2) is 0 Å². The van der Waals surface area contributed by atoms with Crippen LogP contribution in [-0.4, -0.2) is 58.4 Å². The van der Waals surface area contributed by atoms with E-state index in [0.29, 0.717) is 12.5 Å². The van der Waals surface area contributed by atoms with Crippen molar-refractivity contribution in [1.29, 1.82) is 0 Å². The molecule has 2 aliphatic rings. The molecule has 1 aromatic carbocycles. The number of ether oxygens (including phenoxy) is 2. The molecule has 2 aliphatic heterocycles. The number of benzene rings is 1. The number of para-hydroxylation sites is 1. The lowest BCUT2D eigenvalue weighted by Gasteiger charge is -2.23. The first kappa shape index (κ1) is 18.8. The smallest absolute Gasteiger partial charge is 0.410 e. The van der Waals surface area contributed by atoms with Crippen LogP contribution >= 0.6 is 0 Å². The molecule has 2 aromatic rings. The van der Waals surface area contributed by atoms with Crippen LogP contribution < -0.4 is 4.74 Å². The number of hydrogen-bond acceptors (Lipinski definition) is 5. The Labute approximate surface area is 165 Å². The molecule has 0 radical (unpaired) electrons. The van der Waals surface area contributed by atoms with Crippen LogP contribution in [0.2, 0.25) is 0 Å². The molecular weight excluding hydrogens is 356 g/mol. The predicted octanol–water partition coefficient (Wildman–Crippen LogP) is 2.82. The number of methoxy groups -OCH3 is 1. The first-order chi connectivity index (χ1) is 13.5.